The van der Waals surface area contributed by atoms with Crippen LogP contribution in [0.5, 0.6) is 0 Å². The topological polar surface area (TPSA) is 288 Å². The van der Waals surface area contributed by atoms with Crippen molar-refractivity contribution in [1.29, 1.82) is 0 Å². The van der Waals surface area contributed by atoms with Crippen LogP contribution in [0.2, 0.25) is 0 Å². The summed E-state index contributed by atoms with van der Waals surface area (Å²) in [6.07, 6.45) is -1.10. The van der Waals surface area contributed by atoms with Gasteiger partial charge in [-0.05, 0) is 0 Å². The van der Waals surface area contributed by atoms with Crippen LogP contribution in [-0.4, -0.2) is 77.2 Å². The number of hydrogen-bond donors (Lipinski definition) is 7. The van der Waals surface area contributed by atoms with E-state index in [0.717, 1.165) is 0 Å². The molecule has 19 nitrogen and oxygen atoms in total. The number of nitrogen functional groups attached to an aromatic ring is 1. The molecule has 22 heteroatoms. The van der Waals surface area contributed by atoms with Gasteiger partial charge in [-0.3, -0.25) is 18.9 Å². The maximum absolute atomic E-state index is 11.9. The third-order valence-corrected chi connectivity index (χ3v) is 7.39. The first-order chi connectivity index (χ1) is 15.2. The van der Waals surface area contributed by atoms with Crippen LogP contribution < -0.4 is 11.3 Å². The molecule has 0 amide bonds. The number of H-pyrrole nitrogens is 1. The standard InChI is InChI=1S/C11H20N5O14P3/c1-26-10(16-5-13-7-8(16)14-11(12)15-9(7)18)6(4-17)27-2-3-28-32(22,23)30-33(24,25)29-31(19,20)21/h5-6,10,17H,2-4H2,1H3,(H,22,23)(H,24,25)(H2,19,20,21)(H3,12,14,15,18)/t6-,10+/m0/s1. The Kier molecular flexibility index (Phi) is 9.05. The van der Waals surface area contributed by atoms with E-state index >= 15 is 0 Å². The summed E-state index contributed by atoms with van der Waals surface area (Å²) in [6, 6.07) is 0. The molecule has 0 aliphatic rings. The number of aliphatic hydroxyl groups is 1. The van der Waals surface area contributed by atoms with E-state index in [1.165, 1.54) is 18.0 Å². The number of nitrogens with zero attached hydrogens (tertiary/aromatic N) is 3. The molecule has 0 aromatic carbocycles. The maximum atomic E-state index is 11.9. The largest absolute Gasteiger partial charge is 0.490 e. The normalized spacial score (nSPS) is 18.0. The van der Waals surface area contributed by atoms with Gasteiger partial charge in [0.05, 0.1) is 26.1 Å². The molecule has 0 fully saturated rings. The lowest BCUT2D eigenvalue weighted by molar-refractivity contribution is -0.114. The number of aromatic nitrogens is 4. The minimum Gasteiger partial charge on any atom is -0.393 e. The fourth-order valence-corrected chi connectivity index (χ4v) is 5.45. The Morgan fingerprint density at radius 1 is 1.15 bits per heavy atom. The summed E-state index contributed by atoms with van der Waals surface area (Å²) < 4.78 is 56.8. The number of ether oxygens (including phenoxy) is 2. The molecular formula is C11H20N5O14P3. The van der Waals surface area contributed by atoms with Gasteiger partial charge in [-0.25, -0.2) is 18.7 Å². The quantitative estimate of drug-likeness (QED) is 0.113. The van der Waals surface area contributed by atoms with Crippen LogP contribution in [0.25, 0.3) is 11.2 Å². The molecule has 0 saturated carbocycles. The molecule has 0 bridgehead atoms. The van der Waals surface area contributed by atoms with Gasteiger partial charge in [0.15, 0.2) is 17.4 Å². The van der Waals surface area contributed by atoms with Crippen LogP contribution in [0.15, 0.2) is 11.1 Å². The number of phosphoric acid groups is 3. The second-order valence-corrected chi connectivity index (χ2v) is 10.3. The number of aliphatic hydroxyl groups excluding tert-OH is 1. The van der Waals surface area contributed by atoms with Gasteiger partial charge in [0, 0.05) is 7.11 Å². The molecule has 2 heterocycles. The number of phosphoric ester groups is 1. The number of fused-ring (bicyclic) bond motifs is 1. The highest BCUT2D eigenvalue weighted by Gasteiger charge is 2.40. The van der Waals surface area contributed by atoms with Crippen molar-refractivity contribution in [3.8, 4) is 0 Å². The Bertz CT molecular complexity index is 1160. The van der Waals surface area contributed by atoms with Gasteiger partial charge in [0.25, 0.3) is 5.56 Å². The highest BCUT2D eigenvalue weighted by Crippen LogP contribution is 2.66. The fraction of sp³-hybridized carbons (Fsp3) is 0.545. The highest BCUT2D eigenvalue weighted by molar-refractivity contribution is 7.66. The summed E-state index contributed by atoms with van der Waals surface area (Å²) >= 11 is 0. The first-order valence-corrected chi connectivity index (χ1v) is 13.0. The van der Waals surface area contributed by atoms with E-state index in [-0.39, 0.29) is 17.1 Å². The molecule has 0 saturated heterocycles. The van der Waals surface area contributed by atoms with Gasteiger partial charge in [0.2, 0.25) is 5.95 Å². The number of anilines is 1. The second-order valence-electron chi connectivity index (χ2n) is 5.92. The molecule has 33 heavy (non-hydrogen) atoms. The summed E-state index contributed by atoms with van der Waals surface area (Å²) in [5, 5.41) is 9.65. The molecule has 0 radical (unpaired) electrons. The number of methoxy groups -OCH3 is 1. The van der Waals surface area contributed by atoms with E-state index in [4.69, 9.17) is 29.9 Å². The Morgan fingerprint density at radius 3 is 2.39 bits per heavy atom. The van der Waals surface area contributed by atoms with Gasteiger partial charge in [-0.1, -0.05) is 0 Å². The molecule has 2 aromatic rings. The maximum Gasteiger partial charge on any atom is 0.490 e. The monoisotopic (exact) mass is 539 g/mol. The first-order valence-electron chi connectivity index (χ1n) is 8.44. The van der Waals surface area contributed by atoms with Crippen LogP contribution in [0, 0.1) is 0 Å². The van der Waals surface area contributed by atoms with Crippen molar-refractivity contribution in [3.63, 3.8) is 0 Å². The van der Waals surface area contributed by atoms with Gasteiger partial charge in [-0.2, -0.15) is 13.6 Å². The average Bonchev–Trinajstić information content (AvgIpc) is 3.05. The minimum atomic E-state index is -5.65. The van der Waals surface area contributed by atoms with Crippen molar-refractivity contribution in [2.24, 2.45) is 0 Å². The van der Waals surface area contributed by atoms with Crippen LogP contribution in [-0.2, 0) is 36.3 Å². The average molecular weight is 539 g/mol. The second kappa shape index (κ2) is 10.8. The number of nitrogens with two attached hydrogens (primary N) is 1. The Hall–Kier alpha value is -1.56. The van der Waals surface area contributed by atoms with E-state index in [2.05, 4.69) is 28.1 Å². The van der Waals surface area contributed by atoms with Crippen molar-refractivity contribution in [3.05, 3.63) is 16.7 Å². The van der Waals surface area contributed by atoms with Gasteiger partial charge >= 0.3 is 23.5 Å². The predicted octanol–water partition coefficient (Wildman–Crippen LogP) is -1.43. The molecule has 2 rings (SSSR count). The van der Waals surface area contributed by atoms with Crippen molar-refractivity contribution < 1.29 is 61.0 Å². The lowest BCUT2D eigenvalue weighted by Gasteiger charge is -2.26. The number of aromatic amines is 1. The molecule has 0 aliphatic heterocycles. The summed E-state index contributed by atoms with van der Waals surface area (Å²) in [5.74, 6) is -0.207. The molecule has 4 atom stereocenters. The smallest absolute Gasteiger partial charge is 0.393 e. The van der Waals surface area contributed by atoms with E-state index in [1.807, 2.05) is 0 Å². The van der Waals surface area contributed by atoms with E-state index in [0.29, 0.717) is 0 Å². The molecule has 2 unspecified atom stereocenters. The summed E-state index contributed by atoms with van der Waals surface area (Å²) in [5.41, 5.74) is 4.84. The SMILES string of the molecule is CO[C@H]([C@H](CO)OCCOP(=O)(O)OP(=O)(O)OP(=O)(O)O)n1cnc2c(=O)[nH]c(N)nc21. The molecule has 0 aliphatic carbocycles. The zero-order valence-corrected chi connectivity index (χ0v) is 19.2. The number of nitrogens with one attached hydrogen (secondary N) is 1. The highest BCUT2D eigenvalue weighted by atomic mass is 31.3. The Morgan fingerprint density at radius 2 is 1.82 bits per heavy atom. The van der Waals surface area contributed by atoms with Crippen LogP contribution in [0.1, 0.15) is 6.23 Å². The minimum absolute atomic E-state index is 0.0124. The summed E-state index contributed by atoms with van der Waals surface area (Å²) in [4.78, 5) is 57.4. The van der Waals surface area contributed by atoms with E-state index in [1.54, 1.807) is 0 Å². The lowest BCUT2D eigenvalue weighted by Crippen LogP contribution is -2.32. The summed E-state index contributed by atoms with van der Waals surface area (Å²) in [6.45, 7) is -1.94. The third-order valence-electron chi connectivity index (χ3n) is 3.55. The van der Waals surface area contributed by atoms with Crippen molar-refractivity contribution >= 4 is 40.6 Å². The zero-order chi connectivity index (χ0) is 25.0. The van der Waals surface area contributed by atoms with E-state index < -0.39 is 61.2 Å². The van der Waals surface area contributed by atoms with Crippen molar-refractivity contribution in [2.45, 2.75) is 12.3 Å². The molecule has 0 spiro atoms. The van der Waals surface area contributed by atoms with Crippen molar-refractivity contribution in [2.75, 3.05) is 32.7 Å². The van der Waals surface area contributed by atoms with E-state index in [9.17, 15) is 28.5 Å². The lowest BCUT2D eigenvalue weighted by atomic mass is 10.3. The molecule has 2 aromatic heterocycles. The summed E-state index contributed by atoms with van der Waals surface area (Å²) in [7, 11) is -15.3. The number of rotatable bonds is 13. The first kappa shape index (κ1) is 27.7. The van der Waals surface area contributed by atoms with Crippen LogP contribution in [0.3, 0.4) is 0 Å². The Labute approximate surface area is 183 Å². The van der Waals surface area contributed by atoms with Crippen LogP contribution >= 0.6 is 23.5 Å². The van der Waals surface area contributed by atoms with Crippen LogP contribution in [0.4, 0.5) is 5.95 Å². The fourth-order valence-electron chi connectivity index (χ4n) is 2.45. The third kappa shape index (κ3) is 8.01. The molecule has 8 N–H and O–H groups in total. The molecular weight excluding hydrogens is 519 g/mol. The number of imidazole rings is 1. The van der Waals surface area contributed by atoms with Gasteiger partial charge in [0.1, 0.15) is 6.10 Å². The predicted molar refractivity (Wildman–Crippen MR) is 105 cm³/mol. The number of hydrogen-bond acceptors (Lipinski definition) is 13. The van der Waals surface area contributed by atoms with Crippen molar-refractivity contribution in [1.82, 2.24) is 19.5 Å². The van der Waals surface area contributed by atoms with Gasteiger partial charge < -0.3 is 39.9 Å². The van der Waals surface area contributed by atoms with Gasteiger partial charge in [-0.15, -0.1) is 0 Å². The Balaban J connectivity index is 2.02. The zero-order valence-electron chi connectivity index (χ0n) is 16.5. The molecule has 188 valence electrons.